The summed E-state index contributed by atoms with van der Waals surface area (Å²) in [7, 11) is 0. The average molecular weight is 490 g/mol. The van der Waals surface area contributed by atoms with Gasteiger partial charge in [-0.05, 0) is 38.1 Å². The van der Waals surface area contributed by atoms with Crippen molar-refractivity contribution >= 4 is 29.3 Å². The molecule has 9 heteroatoms. The van der Waals surface area contributed by atoms with E-state index in [0.717, 1.165) is 5.56 Å². The van der Waals surface area contributed by atoms with Crippen molar-refractivity contribution in [3.8, 4) is 17.3 Å². The fourth-order valence-electron chi connectivity index (χ4n) is 4.10. The minimum absolute atomic E-state index is 0.185. The fourth-order valence-corrected chi connectivity index (χ4v) is 4.22. The fraction of sp³-hybridized carbons (Fsp3) is 0.231. The van der Waals surface area contributed by atoms with Crippen molar-refractivity contribution in [3.05, 3.63) is 82.7 Å². The number of aryl methyl sites for hydroxylation is 1. The zero-order chi connectivity index (χ0) is 24.9. The number of halogens is 1. The molecule has 0 fully saturated rings. The van der Waals surface area contributed by atoms with E-state index in [1.54, 1.807) is 49.0 Å². The predicted molar refractivity (Wildman–Crippen MR) is 132 cm³/mol. The third-order valence-electron chi connectivity index (χ3n) is 5.67. The number of carbonyl (C=O) groups excluding carboxylic acids is 2. The normalized spacial score (nSPS) is 15.5. The van der Waals surface area contributed by atoms with E-state index in [1.165, 1.54) is 4.90 Å². The van der Waals surface area contributed by atoms with Crippen LogP contribution in [0.25, 0.3) is 11.3 Å². The largest absolute Gasteiger partial charge is 0.463 e. The van der Waals surface area contributed by atoms with Crippen LogP contribution in [0.4, 0.5) is 10.5 Å². The van der Waals surface area contributed by atoms with Crippen LogP contribution in [0, 0.1) is 11.3 Å². The first-order valence-electron chi connectivity index (χ1n) is 11.2. The number of benzene rings is 2. The van der Waals surface area contributed by atoms with Crippen LogP contribution in [-0.4, -0.2) is 28.4 Å². The van der Waals surface area contributed by atoms with Crippen LogP contribution in [0.5, 0.6) is 0 Å². The van der Waals surface area contributed by atoms with Crippen molar-refractivity contribution in [3.63, 3.8) is 0 Å². The molecular formula is C26H24ClN5O3. The molecule has 1 atom stereocenters. The van der Waals surface area contributed by atoms with Crippen molar-refractivity contribution in [1.29, 1.82) is 5.26 Å². The van der Waals surface area contributed by atoms with Gasteiger partial charge in [0.2, 0.25) is 0 Å². The summed E-state index contributed by atoms with van der Waals surface area (Å²) < 4.78 is 7.06. The Labute approximate surface area is 208 Å². The number of esters is 1. The Kier molecular flexibility index (Phi) is 7.18. The highest BCUT2D eigenvalue weighted by atomic mass is 35.5. The molecule has 1 aromatic heterocycles. The summed E-state index contributed by atoms with van der Waals surface area (Å²) in [5, 5.41) is 17.2. The number of ether oxygens (including phenoxy) is 1. The molecular weight excluding hydrogens is 466 g/mol. The van der Waals surface area contributed by atoms with E-state index in [0.29, 0.717) is 39.8 Å². The third-order valence-corrected chi connectivity index (χ3v) is 5.92. The third kappa shape index (κ3) is 4.91. The van der Waals surface area contributed by atoms with Crippen molar-refractivity contribution in [2.75, 3.05) is 11.5 Å². The summed E-state index contributed by atoms with van der Waals surface area (Å²) in [6, 6.07) is 17.2. The Morgan fingerprint density at radius 2 is 1.91 bits per heavy atom. The molecule has 0 saturated heterocycles. The van der Waals surface area contributed by atoms with Crippen LogP contribution in [0.2, 0.25) is 5.02 Å². The van der Waals surface area contributed by atoms with Crippen molar-refractivity contribution < 1.29 is 14.3 Å². The van der Waals surface area contributed by atoms with Crippen LogP contribution in [0.1, 0.15) is 31.9 Å². The van der Waals surface area contributed by atoms with E-state index in [2.05, 4.69) is 16.5 Å². The second-order valence-electron chi connectivity index (χ2n) is 7.88. The quantitative estimate of drug-likeness (QED) is 0.458. The highest BCUT2D eigenvalue weighted by Gasteiger charge is 2.39. The predicted octanol–water partition coefficient (Wildman–Crippen LogP) is 5.23. The number of nitrogens with zero attached hydrogens (tertiary/aromatic N) is 4. The number of anilines is 1. The molecule has 1 aliphatic rings. The molecule has 2 heterocycles. The molecule has 0 unspecified atom stereocenters. The number of hydrogen-bond acceptors (Lipinski definition) is 5. The lowest BCUT2D eigenvalue weighted by Gasteiger charge is -2.35. The molecule has 2 amide bonds. The highest BCUT2D eigenvalue weighted by Crippen LogP contribution is 2.38. The smallest absolute Gasteiger partial charge is 0.338 e. The number of carbonyl (C=O) groups is 2. The number of nitriles is 1. The lowest BCUT2D eigenvalue weighted by atomic mass is 9.93. The maximum Gasteiger partial charge on any atom is 0.338 e. The molecule has 0 radical (unpaired) electrons. The molecule has 1 N–H and O–H groups in total. The first-order chi connectivity index (χ1) is 16.9. The van der Waals surface area contributed by atoms with E-state index in [1.807, 2.05) is 30.3 Å². The van der Waals surface area contributed by atoms with Crippen LogP contribution >= 0.6 is 11.6 Å². The number of aromatic nitrogens is 2. The van der Waals surface area contributed by atoms with Crippen molar-refractivity contribution in [2.24, 2.45) is 0 Å². The van der Waals surface area contributed by atoms with Gasteiger partial charge in [0.05, 0.1) is 48.6 Å². The Hall–Kier alpha value is -4.09. The van der Waals surface area contributed by atoms with E-state index in [9.17, 15) is 9.59 Å². The summed E-state index contributed by atoms with van der Waals surface area (Å²) >= 11 is 6.03. The number of nitrogens with one attached hydrogen (secondary N) is 1. The van der Waals surface area contributed by atoms with E-state index < -0.39 is 18.0 Å². The standard InChI is InChI=1S/C26H24ClN5O3/c1-3-35-25(33)22-17(2)32(20-12-10-19(27)11-13-20)26(34)29-24(22)21-16-31(15-7-14-28)30-23(21)18-8-5-4-6-9-18/h4-6,8-13,16,24H,3,7,15H2,1-2H3,(H,29,34)/t24-/m0/s1. The highest BCUT2D eigenvalue weighted by molar-refractivity contribution is 6.30. The van der Waals surface area contributed by atoms with Gasteiger partial charge in [0.15, 0.2) is 0 Å². The summed E-state index contributed by atoms with van der Waals surface area (Å²) in [5.41, 5.74) is 3.40. The van der Waals surface area contributed by atoms with Gasteiger partial charge in [-0.3, -0.25) is 9.58 Å². The van der Waals surface area contributed by atoms with Gasteiger partial charge in [-0.2, -0.15) is 10.4 Å². The van der Waals surface area contributed by atoms with Gasteiger partial charge < -0.3 is 10.1 Å². The van der Waals surface area contributed by atoms with Gasteiger partial charge in [0.1, 0.15) is 0 Å². The van der Waals surface area contributed by atoms with Crippen LogP contribution in [-0.2, 0) is 16.1 Å². The molecule has 3 aromatic rings. The molecule has 0 spiro atoms. The van der Waals surface area contributed by atoms with E-state index in [4.69, 9.17) is 21.6 Å². The first-order valence-corrected chi connectivity index (χ1v) is 11.6. The van der Waals surface area contributed by atoms with Gasteiger partial charge >= 0.3 is 12.0 Å². The minimum atomic E-state index is -0.795. The molecule has 2 aromatic carbocycles. The maximum absolute atomic E-state index is 13.4. The molecule has 8 nitrogen and oxygen atoms in total. The van der Waals surface area contributed by atoms with Gasteiger partial charge in [-0.25, -0.2) is 9.59 Å². The van der Waals surface area contributed by atoms with Gasteiger partial charge in [-0.1, -0.05) is 41.9 Å². The number of amides is 2. The molecule has 0 saturated carbocycles. The average Bonchev–Trinajstić information content (AvgIpc) is 3.28. The molecule has 0 aliphatic carbocycles. The Morgan fingerprint density at radius 3 is 2.57 bits per heavy atom. The molecule has 35 heavy (non-hydrogen) atoms. The lowest BCUT2D eigenvalue weighted by molar-refractivity contribution is -0.139. The zero-order valence-corrected chi connectivity index (χ0v) is 20.1. The minimum Gasteiger partial charge on any atom is -0.463 e. The van der Waals surface area contributed by atoms with Gasteiger partial charge in [0, 0.05) is 28.0 Å². The maximum atomic E-state index is 13.4. The topological polar surface area (TPSA) is 100 Å². The second kappa shape index (κ2) is 10.5. The van der Waals surface area contributed by atoms with Gasteiger partial charge in [0.25, 0.3) is 0 Å². The first kappa shape index (κ1) is 24.0. The Bertz CT molecular complexity index is 1310. The number of rotatable bonds is 7. The number of allylic oxidation sites excluding steroid dienone is 1. The van der Waals surface area contributed by atoms with E-state index in [-0.39, 0.29) is 13.0 Å². The number of hydrogen-bond donors (Lipinski definition) is 1. The van der Waals surface area contributed by atoms with Crippen molar-refractivity contribution in [1.82, 2.24) is 15.1 Å². The summed E-state index contributed by atoms with van der Waals surface area (Å²) in [6.45, 7) is 4.01. The lowest BCUT2D eigenvalue weighted by Crippen LogP contribution is -2.48. The Morgan fingerprint density at radius 1 is 1.20 bits per heavy atom. The monoisotopic (exact) mass is 489 g/mol. The van der Waals surface area contributed by atoms with Gasteiger partial charge in [-0.15, -0.1) is 0 Å². The molecule has 4 rings (SSSR count). The van der Waals surface area contributed by atoms with Crippen molar-refractivity contribution in [2.45, 2.75) is 32.9 Å². The van der Waals surface area contributed by atoms with E-state index >= 15 is 0 Å². The molecule has 0 bridgehead atoms. The summed E-state index contributed by atoms with van der Waals surface area (Å²) in [4.78, 5) is 28.0. The van der Waals surface area contributed by atoms with Crippen LogP contribution in [0.15, 0.2) is 72.1 Å². The summed E-state index contributed by atoms with van der Waals surface area (Å²) in [6.07, 6.45) is 2.05. The SMILES string of the molecule is CCOC(=O)C1=C(C)N(c2ccc(Cl)cc2)C(=O)N[C@H]1c1cn(CCC#N)nc1-c1ccccc1. The second-order valence-corrected chi connectivity index (χ2v) is 8.32. The summed E-state index contributed by atoms with van der Waals surface area (Å²) in [5.74, 6) is -0.530. The number of urea groups is 1. The van der Waals surface area contributed by atoms with Crippen LogP contribution < -0.4 is 10.2 Å². The Balaban J connectivity index is 1.88. The molecule has 1 aliphatic heterocycles. The zero-order valence-electron chi connectivity index (χ0n) is 19.4. The van der Waals surface area contributed by atoms with Crippen LogP contribution in [0.3, 0.4) is 0 Å². The molecule has 178 valence electrons.